The lowest BCUT2D eigenvalue weighted by Gasteiger charge is -2.32. The van der Waals surface area contributed by atoms with Crippen LogP contribution in [0.2, 0.25) is 0 Å². The number of nitrogens with zero attached hydrogens (tertiary/aromatic N) is 2. The Morgan fingerprint density at radius 1 is 1.05 bits per heavy atom. The Kier molecular flexibility index (Phi) is 4.93. The Bertz CT molecular complexity index is 536. The minimum Gasteiger partial charge on any atom is -0.317 e. The van der Waals surface area contributed by atoms with Gasteiger partial charge >= 0.3 is 11.8 Å². The lowest BCUT2D eigenvalue weighted by Crippen LogP contribution is -2.54. The van der Waals surface area contributed by atoms with Gasteiger partial charge in [0.25, 0.3) is 0 Å². The molecule has 0 saturated carbocycles. The van der Waals surface area contributed by atoms with Crippen molar-refractivity contribution in [3.8, 4) is 0 Å². The van der Waals surface area contributed by atoms with Crippen molar-refractivity contribution in [1.29, 1.82) is 0 Å². The minimum atomic E-state index is -0.636. The van der Waals surface area contributed by atoms with Gasteiger partial charge in [0.2, 0.25) is 0 Å². The molecule has 6 heteroatoms. The number of likely N-dealkylation sites (N-methyl/N-ethyl adjacent to an activating group) is 1. The van der Waals surface area contributed by atoms with Crippen molar-refractivity contribution < 1.29 is 9.59 Å². The topological polar surface area (TPSA) is 64.7 Å². The lowest BCUT2D eigenvalue weighted by atomic mass is 10.1. The van der Waals surface area contributed by atoms with Gasteiger partial charge in [0.05, 0.1) is 0 Å². The number of amides is 2. The van der Waals surface area contributed by atoms with Gasteiger partial charge in [-0.1, -0.05) is 12.1 Å². The zero-order valence-corrected chi connectivity index (χ0v) is 12.8. The van der Waals surface area contributed by atoms with Crippen molar-refractivity contribution in [3.63, 3.8) is 0 Å². The number of hydrogen-bond donors (Lipinski definition) is 2. The van der Waals surface area contributed by atoms with Crippen LogP contribution in [-0.2, 0) is 9.59 Å². The van der Waals surface area contributed by atoms with E-state index in [2.05, 4.69) is 15.6 Å². The number of piperazine rings is 1. The molecule has 2 N–H and O–H groups in total. The molecule has 1 aromatic rings. The second kappa shape index (κ2) is 6.69. The van der Waals surface area contributed by atoms with Gasteiger partial charge in [-0.3, -0.25) is 15.0 Å². The summed E-state index contributed by atoms with van der Waals surface area (Å²) < 4.78 is 0. The number of carbonyl (C=O) groups excluding carboxylic acids is 2. The van der Waals surface area contributed by atoms with Gasteiger partial charge in [0, 0.05) is 31.9 Å². The molecule has 2 rings (SSSR count). The van der Waals surface area contributed by atoms with Crippen LogP contribution in [0.3, 0.4) is 0 Å². The van der Waals surface area contributed by atoms with Crippen LogP contribution in [0.5, 0.6) is 0 Å². The van der Waals surface area contributed by atoms with Gasteiger partial charge in [0.1, 0.15) is 0 Å². The number of benzene rings is 1. The van der Waals surface area contributed by atoms with Crippen LogP contribution in [0.1, 0.15) is 11.1 Å². The number of aryl methyl sites for hydroxylation is 2. The average molecular weight is 290 g/mol. The molecule has 1 aliphatic rings. The summed E-state index contributed by atoms with van der Waals surface area (Å²) in [6.07, 6.45) is 0. The Hall–Kier alpha value is -1.92. The highest BCUT2D eigenvalue weighted by molar-refractivity contribution is 6.39. The molecular weight excluding hydrogens is 268 g/mol. The molecule has 0 spiro atoms. The molecule has 1 aliphatic heterocycles. The third-order valence-electron chi connectivity index (χ3n) is 3.61. The van der Waals surface area contributed by atoms with Crippen LogP contribution in [0, 0.1) is 13.8 Å². The lowest BCUT2D eigenvalue weighted by molar-refractivity contribution is -0.139. The maximum absolute atomic E-state index is 12.0. The van der Waals surface area contributed by atoms with Crippen LogP contribution in [0.4, 0.5) is 5.69 Å². The summed E-state index contributed by atoms with van der Waals surface area (Å²) in [7, 11) is 2.03. The number of hydrogen-bond acceptors (Lipinski definition) is 4. The molecule has 0 aliphatic carbocycles. The average Bonchev–Trinajstić information content (AvgIpc) is 2.45. The Balaban J connectivity index is 1.90. The molecular formula is C15H22N4O2. The predicted molar refractivity (Wildman–Crippen MR) is 81.8 cm³/mol. The fraction of sp³-hybridized carbons (Fsp3) is 0.467. The zero-order valence-electron chi connectivity index (χ0n) is 12.8. The highest BCUT2D eigenvalue weighted by atomic mass is 16.2. The quantitative estimate of drug-likeness (QED) is 0.780. The third kappa shape index (κ3) is 4.27. The van der Waals surface area contributed by atoms with Crippen molar-refractivity contribution in [3.05, 3.63) is 29.3 Å². The van der Waals surface area contributed by atoms with E-state index in [-0.39, 0.29) is 0 Å². The summed E-state index contributed by atoms with van der Waals surface area (Å²) in [5, 5.41) is 4.44. The Morgan fingerprint density at radius 2 is 1.71 bits per heavy atom. The van der Waals surface area contributed by atoms with E-state index in [1.165, 1.54) is 0 Å². The number of carbonyl (C=O) groups is 2. The number of rotatable bonds is 2. The van der Waals surface area contributed by atoms with Crippen LogP contribution < -0.4 is 10.7 Å². The first kappa shape index (κ1) is 15.5. The largest absolute Gasteiger partial charge is 0.323 e. The van der Waals surface area contributed by atoms with E-state index in [9.17, 15) is 9.59 Å². The molecule has 6 nitrogen and oxygen atoms in total. The third-order valence-corrected chi connectivity index (χ3v) is 3.61. The maximum Gasteiger partial charge on any atom is 0.323 e. The van der Waals surface area contributed by atoms with Gasteiger partial charge in [0.15, 0.2) is 0 Å². The number of nitrogens with one attached hydrogen (secondary N) is 2. The SMILES string of the molecule is Cc1ccc(C)c(NC(=O)C(=O)NN2CCN(C)CC2)c1. The second-order valence-corrected chi connectivity index (χ2v) is 5.50. The second-order valence-electron chi connectivity index (χ2n) is 5.50. The molecule has 0 unspecified atom stereocenters. The first-order valence-electron chi connectivity index (χ1n) is 7.08. The fourth-order valence-electron chi connectivity index (χ4n) is 2.16. The smallest absolute Gasteiger partial charge is 0.317 e. The molecule has 1 saturated heterocycles. The predicted octanol–water partition coefficient (Wildman–Crippen LogP) is 0.521. The molecule has 0 bridgehead atoms. The van der Waals surface area contributed by atoms with Gasteiger partial charge in [-0.2, -0.15) is 0 Å². The van der Waals surface area contributed by atoms with E-state index in [4.69, 9.17) is 0 Å². The van der Waals surface area contributed by atoms with Crippen LogP contribution in [0.15, 0.2) is 18.2 Å². The van der Waals surface area contributed by atoms with E-state index in [1.54, 1.807) is 5.01 Å². The van der Waals surface area contributed by atoms with Crippen LogP contribution in [0.25, 0.3) is 0 Å². The normalized spacial score (nSPS) is 16.5. The van der Waals surface area contributed by atoms with Gasteiger partial charge in [-0.25, -0.2) is 5.01 Å². The van der Waals surface area contributed by atoms with Gasteiger partial charge in [-0.05, 0) is 38.1 Å². The summed E-state index contributed by atoms with van der Waals surface area (Å²) in [4.78, 5) is 26.0. The van der Waals surface area contributed by atoms with Crippen molar-refractivity contribution in [2.45, 2.75) is 13.8 Å². The van der Waals surface area contributed by atoms with Gasteiger partial charge < -0.3 is 10.2 Å². The van der Waals surface area contributed by atoms with Crippen LogP contribution in [-0.4, -0.2) is 54.9 Å². The fourth-order valence-corrected chi connectivity index (χ4v) is 2.16. The number of anilines is 1. The molecule has 0 radical (unpaired) electrons. The molecule has 2 amide bonds. The zero-order chi connectivity index (χ0) is 15.4. The highest BCUT2D eigenvalue weighted by Gasteiger charge is 2.20. The van der Waals surface area contributed by atoms with Crippen molar-refractivity contribution in [2.24, 2.45) is 0 Å². The summed E-state index contributed by atoms with van der Waals surface area (Å²) in [5.74, 6) is -1.26. The molecule has 114 valence electrons. The monoisotopic (exact) mass is 290 g/mol. The van der Waals surface area contributed by atoms with E-state index in [1.807, 2.05) is 39.1 Å². The van der Waals surface area contributed by atoms with E-state index >= 15 is 0 Å². The van der Waals surface area contributed by atoms with E-state index < -0.39 is 11.8 Å². The van der Waals surface area contributed by atoms with Crippen molar-refractivity contribution >= 4 is 17.5 Å². The summed E-state index contributed by atoms with van der Waals surface area (Å²) in [6, 6.07) is 5.75. The van der Waals surface area contributed by atoms with Gasteiger partial charge in [-0.15, -0.1) is 0 Å². The van der Waals surface area contributed by atoms with Crippen molar-refractivity contribution in [2.75, 3.05) is 38.5 Å². The first-order valence-corrected chi connectivity index (χ1v) is 7.08. The number of hydrazine groups is 1. The standard InChI is InChI=1S/C15H22N4O2/c1-11-4-5-12(2)13(10-11)16-14(20)15(21)17-19-8-6-18(3)7-9-19/h4-5,10H,6-9H2,1-3H3,(H,16,20)(H,17,21). The summed E-state index contributed by atoms with van der Waals surface area (Å²) in [6.45, 7) is 7.03. The van der Waals surface area contributed by atoms with E-state index in [0.717, 1.165) is 37.3 Å². The maximum atomic E-state index is 12.0. The Morgan fingerprint density at radius 3 is 2.38 bits per heavy atom. The molecule has 0 aromatic heterocycles. The highest BCUT2D eigenvalue weighted by Crippen LogP contribution is 2.16. The molecule has 0 atom stereocenters. The Labute approximate surface area is 125 Å². The molecule has 1 aromatic carbocycles. The van der Waals surface area contributed by atoms with E-state index in [0.29, 0.717) is 5.69 Å². The minimum absolute atomic E-state index is 0.625. The first-order chi connectivity index (χ1) is 9.95. The molecule has 21 heavy (non-hydrogen) atoms. The molecule has 1 heterocycles. The van der Waals surface area contributed by atoms with Crippen molar-refractivity contribution in [1.82, 2.24) is 15.3 Å². The van der Waals surface area contributed by atoms with Crippen LogP contribution >= 0.6 is 0 Å². The summed E-state index contributed by atoms with van der Waals surface area (Å²) >= 11 is 0. The molecule has 1 fully saturated rings. The summed E-state index contributed by atoms with van der Waals surface area (Å²) in [5.41, 5.74) is 5.29.